The largest absolute Gasteiger partial charge is 0.454 e. The van der Waals surface area contributed by atoms with Crippen LogP contribution in [0.15, 0.2) is 12.4 Å². The zero-order chi connectivity index (χ0) is 12.9. The fourth-order valence-electron chi connectivity index (χ4n) is 1.29. The van der Waals surface area contributed by atoms with Crippen molar-refractivity contribution in [2.24, 2.45) is 0 Å². The highest BCUT2D eigenvalue weighted by atomic mass is 19.4. The van der Waals surface area contributed by atoms with Crippen LogP contribution in [0.1, 0.15) is 23.2 Å². The summed E-state index contributed by atoms with van der Waals surface area (Å²) in [5, 5.41) is 3.70. The summed E-state index contributed by atoms with van der Waals surface area (Å²) in [4.78, 5) is 10.9. The molecule has 0 saturated heterocycles. The summed E-state index contributed by atoms with van der Waals surface area (Å²) in [5.74, 6) is -1.86. The van der Waals surface area contributed by atoms with Crippen LogP contribution in [0.2, 0.25) is 0 Å². The van der Waals surface area contributed by atoms with Crippen molar-refractivity contribution in [3.8, 4) is 0 Å². The molecule has 0 saturated carbocycles. The molecule has 0 aliphatic carbocycles. The number of rotatable bonds is 6. The van der Waals surface area contributed by atoms with E-state index in [9.17, 15) is 18.0 Å². The normalized spacial score (nSPS) is 11.8. The number of ketones is 1. The van der Waals surface area contributed by atoms with Crippen molar-refractivity contribution in [2.75, 3.05) is 13.7 Å². The van der Waals surface area contributed by atoms with Gasteiger partial charge in [-0.05, 0) is 12.8 Å². The van der Waals surface area contributed by atoms with Gasteiger partial charge in [0.1, 0.15) is 0 Å². The van der Waals surface area contributed by atoms with Crippen molar-refractivity contribution in [1.29, 1.82) is 0 Å². The van der Waals surface area contributed by atoms with Gasteiger partial charge in [-0.15, -0.1) is 0 Å². The Balaban J connectivity index is 2.51. The van der Waals surface area contributed by atoms with Crippen molar-refractivity contribution in [3.05, 3.63) is 18.0 Å². The molecule has 0 radical (unpaired) electrons. The number of alkyl halides is 3. The fourth-order valence-corrected chi connectivity index (χ4v) is 1.29. The monoisotopic (exact) mass is 250 g/mol. The number of aryl methyl sites for hydroxylation is 1. The molecule has 1 heterocycles. The smallest absolute Gasteiger partial charge is 0.385 e. The van der Waals surface area contributed by atoms with Crippen LogP contribution in [0.25, 0.3) is 0 Å². The molecule has 0 fully saturated rings. The molecule has 0 atom stereocenters. The first-order valence-electron chi connectivity index (χ1n) is 5.08. The third-order valence-electron chi connectivity index (χ3n) is 2.14. The van der Waals surface area contributed by atoms with Crippen molar-refractivity contribution in [3.63, 3.8) is 0 Å². The second-order valence-electron chi connectivity index (χ2n) is 3.52. The number of carbonyl (C=O) groups excluding carboxylic acids is 1. The Kier molecular flexibility index (Phi) is 4.68. The number of methoxy groups -OCH3 is 1. The second kappa shape index (κ2) is 5.81. The van der Waals surface area contributed by atoms with Crippen LogP contribution in [-0.2, 0) is 11.3 Å². The molecule has 4 nitrogen and oxygen atoms in total. The molecule has 7 heteroatoms. The summed E-state index contributed by atoms with van der Waals surface area (Å²) in [6, 6.07) is 0. The van der Waals surface area contributed by atoms with Crippen LogP contribution < -0.4 is 0 Å². The maximum absolute atomic E-state index is 12.1. The van der Waals surface area contributed by atoms with Crippen LogP contribution in [-0.4, -0.2) is 35.5 Å². The maximum atomic E-state index is 12.1. The second-order valence-corrected chi connectivity index (χ2v) is 3.52. The first-order valence-corrected chi connectivity index (χ1v) is 5.08. The zero-order valence-corrected chi connectivity index (χ0v) is 9.33. The molecular formula is C10H13F3N2O2. The number of hydrogen-bond donors (Lipinski definition) is 0. The minimum absolute atomic E-state index is 0.427. The van der Waals surface area contributed by atoms with E-state index >= 15 is 0 Å². The average molecular weight is 250 g/mol. The SMILES string of the molecule is COCCCCn1cc(C(=O)C(F)(F)F)cn1. The van der Waals surface area contributed by atoms with Gasteiger partial charge in [0.2, 0.25) is 0 Å². The van der Waals surface area contributed by atoms with Gasteiger partial charge in [-0.1, -0.05) is 0 Å². The summed E-state index contributed by atoms with van der Waals surface area (Å²) in [5.41, 5.74) is -0.427. The van der Waals surface area contributed by atoms with Crippen LogP contribution in [0, 0.1) is 0 Å². The molecule has 0 N–H and O–H groups in total. The summed E-state index contributed by atoms with van der Waals surface area (Å²) < 4.78 is 42.4. The first-order chi connectivity index (χ1) is 7.95. The third-order valence-corrected chi connectivity index (χ3v) is 2.14. The van der Waals surface area contributed by atoms with Crippen molar-refractivity contribution >= 4 is 5.78 Å². The van der Waals surface area contributed by atoms with E-state index in [-0.39, 0.29) is 0 Å². The molecule has 0 bridgehead atoms. The Hall–Kier alpha value is -1.37. The highest BCUT2D eigenvalue weighted by Gasteiger charge is 2.39. The van der Waals surface area contributed by atoms with Crippen molar-refractivity contribution < 1.29 is 22.7 Å². The van der Waals surface area contributed by atoms with E-state index < -0.39 is 17.5 Å². The highest BCUT2D eigenvalue weighted by molar-refractivity contribution is 5.99. The predicted octanol–water partition coefficient (Wildman–Crippen LogP) is 2.05. The summed E-state index contributed by atoms with van der Waals surface area (Å²) in [7, 11) is 1.58. The van der Waals surface area contributed by atoms with E-state index in [1.54, 1.807) is 7.11 Å². The quantitative estimate of drug-likeness (QED) is 0.573. The predicted molar refractivity (Wildman–Crippen MR) is 53.7 cm³/mol. The van der Waals surface area contributed by atoms with Gasteiger partial charge in [-0.3, -0.25) is 9.48 Å². The molecular weight excluding hydrogens is 237 g/mol. The molecule has 0 aromatic carbocycles. The molecule has 1 aromatic heterocycles. The molecule has 1 aromatic rings. The molecule has 0 aliphatic rings. The van der Waals surface area contributed by atoms with Crippen molar-refractivity contribution in [2.45, 2.75) is 25.6 Å². The average Bonchev–Trinajstić information content (AvgIpc) is 2.70. The summed E-state index contributed by atoms with van der Waals surface area (Å²) >= 11 is 0. The molecule has 1 rings (SSSR count). The molecule has 0 spiro atoms. The Labute approximate surface area is 96.4 Å². The topological polar surface area (TPSA) is 44.1 Å². The van der Waals surface area contributed by atoms with Gasteiger partial charge in [0.25, 0.3) is 5.78 Å². The van der Waals surface area contributed by atoms with Crippen LogP contribution in [0.4, 0.5) is 13.2 Å². The number of carbonyl (C=O) groups is 1. The fraction of sp³-hybridized carbons (Fsp3) is 0.600. The minimum Gasteiger partial charge on any atom is -0.385 e. The number of halogens is 3. The molecule has 0 amide bonds. The van der Waals surface area contributed by atoms with Gasteiger partial charge in [0.05, 0.1) is 11.8 Å². The Morgan fingerprint density at radius 3 is 2.76 bits per heavy atom. The molecule has 96 valence electrons. The van der Waals surface area contributed by atoms with Gasteiger partial charge < -0.3 is 4.74 Å². The van der Waals surface area contributed by atoms with Gasteiger partial charge in [0.15, 0.2) is 0 Å². The number of Topliss-reactive ketones (excluding diaryl/α,β-unsaturated/α-hetero) is 1. The molecule has 17 heavy (non-hydrogen) atoms. The lowest BCUT2D eigenvalue weighted by Crippen LogP contribution is -2.22. The lowest BCUT2D eigenvalue weighted by atomic mass is 10.2. The van der Waals surface area contributed by atoms with Gasteiger partial charge in [-0.2, -0.15) is 18.3 Å². The summed E-state index contributed by atoms with van der Waals surface area (Å²) in [6.07, 6.45) is -1.27. The van der Waals surface area contributed by atoms with Crippen LogP contribution >= 0.6 is 0 Å². The van der Waals surface area contributed by atoms with Crippen LogP contribution in [0.5, 0.6) is 0 Å². The Morgan fingerprint density at radius 1 is 1.47 bits per heavy atom. The van der Waals surface area contributed by atoms with E-state index in [0.717, 1.165) is 25.2 Å². The van der Waals surface area contributed by atoms with E-state index in [4.69, 9.17) is 4.74 Å². The lowest BCUT2D eigenvalue weighted by molar-refractivity contribution is -0.0885. The van der Waals surface area contributed by atoms with E-state index in [1.165, 1.54) is 4.68 Å². The number of nitrogens with zero attached hydrogens (tertiary/aromatic N) is 2. The number of aromatic nitrogens is 2. The first kappa shape index (κ1) is 13.7. The van der Waals surface area contributed by atoms with Gasteiger partial charge >= 0.3 is 6.18 Å². The minimum atomic E-state index is -4.84. The lowest BCUT2D eigenvalue weighted by Gasteiger charge is -2.02. The van der Waals surface area contributed by atoms with E-state index in [1.807, 2.05) is 0 Å². The Morgan fingerprint density at radius 2 is 2.18 bits per heavy atom. The Bertz CT molecular complexity index is 374. The van der Waals surface area contributed by atoms with E-state index in [2.05, 4.69) is 5.10 Å². The zero-order valence-electron chi connectivity index (χ0n) is 9.33. The number of hydrogen-bond acceptors (Lipinski definition) is 3. The van der Waals surface area contributed by atoms with Gasteiger partial charge in [-0.25, -0.2) is 0 Å². The highest BCUT2D eigenvalue weighted by Crippen LogP contribution is 2.20. The van der Waals surface area contributed by atoms with Crippen LogP contribution in [0.3, 0.4) is 0 Å². The summed E-state index contributed by atoms with van der Waals surface area (Å²) in [6.45, 7) is 1.06. The molecule has 0 aliphatic heterocycles. The standard InChI is InChI=1S/C10H13F3N2O2/c1-17-5-3-2-4-15-7-8(6-14-15)9(16)10(11,12)13/h6-7H,2-5H2,1H3. The molecule has 0 unspecified atom stereocenters. The maximum Gasteiger partial charge on any atom is 0.454 e. The van der Waals surface area contributed by atoms with Crippen molar-refractivity contribution in [1.82, 2.24) is 9.78 Å². The number of ether oxygens (including phenoxy) is 1. The van der Waals surface area contributed by atoms with Gasteiger partial charge in [0, 0.05) is 26.5 Å². The van der Waals surface area contributed by atoms with E-state index in [0.29, 0.717) is 13.2 Å². The third kappa shape index (κ3) is 4.18. The number of unbranched alkanes of at least 4 members (excludes halogenated alkanes) is 1.